The molecule has 1 aromatic carbocycles. The zero-order chi connectivity index (χ0) is 16.7. The van der Waals surface area contributed by atoms with Crippen LogP contribution in [0.1, 0.15) is 19.4 Å². The molecule has 6 N–H and O–H groups in total. The van der Waals surface area contributed by atoms with Gasteiger partial charge in [0.2, 0.25) is 17.7 Å². The van der Waals surface area contributed by atoms with Crippen molar-refractivity contribution >= 4 is 23.4 Å². The Morgan fingerprint density at radius 3 is 2.23 bits per heavy atom. The first-order chi connectivity index (χ1) is 10.3. The molecule has 0 aliphatic rings. The molecule has 1 rings (SSSR count). The number of nitrogens with two attached hydrogens (primary N) is 2. The maximum atomic E-state index is 11.7. The number of amides is 3. The van der Waals surface area contributed by atoms with Crippen molar-refractivity contribution in [3.63, 3.8) is 0 Å². The Balaban J connectivity index is 2.45. The highest BCUT2D eigenvalue weighted by Crippen LogP contribution is 2.09. The van der Waals surface area contributed by atoms with Crippen LogP contribution in [0.5, 0.6) is 0 Å². The van der Waals surface area contributed by atoms with E-state index in [1.807, 2.05) is 13.8 Å². The molecule has 0 aliphatic heterocycles. The largest absolute Gasteiger partial charge is 0.369 e. The van der Waals surface area contributed by atoms with Gasteiger partial charge in [-0.3, -0.25) is 14.4 Å². The predicted octanol–water partition coefficient (Wildman–Crippen LogP) is -0.248. The molecule has 0 saturated heterocycles. The Kier molecular flexibility index (Phi) is 6.52. The Morgan fingerprint density at radius 1 is 1.14 bits per heavy atom. The maximum Gasteiger partial charge on any atom is 0.243 e. The topological polar surface area (TPSA) is 127 Å². The van der Waals surface area contributed by atoms with E-state index >= 15 is 0 Å². The number of carbonyl (C=O) groups is 3. The highest BCUT2D eigenvalue weighted by atomic mass is 16.2. The smallest absolute Gasteiger partial charge is 0.243 e. The summed E-state index contributed by atoms with van der Waals surface area (Å²) in [6.07, 6.45) is 0.150. The summed E-state index contributed by atoms with van der Waals surface area (Å²) in [7, 11) is 0. The molecule has 0 spiro atoms. The minimum atomic E-state index is -0.638. The monoisotopic (exact) mass is 306 g/mol. The molecule has 0 heterocycles. The summed E-state index contributed by atoms with van der Waals surface area (Å²) in [4.78, 5) is 34.1. The van der Waals surface area contributed by atoms with Crippen LogP contribution in [-0.4, -0.2) is 30.3 Å². The summed E-state index contributed by atoms with van der Waals surface area (Å²) in [5.74, 6) is -1.13. The van der Waals surface area contributed by atoms with Crippen molar-refractivity contribution in [3.8, 4) is 0 Å². The van der Waals surface area contributed by atoms with Gasteiger partial charge in [0.1, 0.15) is 0 Å². The summed E-state index contributed by atoms with van der Waals surface area (Å²) in [6, 6.07) is 6.10. The molecule has 0 aromatic heterocycles. The van der Waals surface area contributed by atoms with Gasteiger partial charge in [-0.25, -0.2) is 0 Å². The first-order valence-electron chi connectivity index (χ1n) is 7.00. The second-order valence-corrected chi connectivity index (χ2v) is 5.38. The normalized spacial score (nSPS) is 11.8. The molecule has 0 fully saturated rings. The van der Waals surface area contributed by atoms with E-state index in [1.54, 1.807) is 24.3 Å². The van der Waals surface area contributed by atoms with Crippen molar-refractivity contribution in [1.29, 1.82) is 0 Å². The standard InChI is InChI=1S/C15H22N4O3/c1-9(2)14(17)15(22)18-8-13(21)19-11-5-3-10(4-6-11)7-12(16)20/h3-6,9,14H,7-8,17H2,1-2H3,(H2,16,20)(H,18,22)(H,19,21)/t14-/m0/s1. The lowest BCUT2D eigenvalue weighted by Crippen LogP contribution is -2.46. The third kappa shape index (κ3) is 5.92. The van der Waals surface area contributed by atoms with Gasteiger partial charge >= 0.3 is 0 Å². The van der Waals surface area contributed by atoms with Crippen molar-refractivity contribution in [2.75, 3.05) is 11.9 Å². The van der Waals surface area contributed by atoms with Crippen molar-refractivity contribution in [2.24, 2.45) is 17.4 Å². The van der Waals surface area contributed by atoms with Gasteiger partial charge in [0, 0.05) is 5.69 Å². The number of anilines is 1. The van der Waals surface area contributed by atoms with Gasteiger partial charge in [-0.1, -0.05) is 26.0 Å². The highest BCUT2D eigenvalue weighted by Gasteiger charge is 2.17. The van der Waals surface area contributed by atoms with Gasteiger partial charge in [-0.05, 0) is 23.6 Å². The highest BCUT2D eigenvalue weighted by molar-refractivity contribution is 5.95. The summed E-state index contributed by atoms with van der Waals surface area (Å²) in [6.45, 7) is 3.51. The molecule has 0 saturated carbocycles. The molecule has 120 valence electrons. The lowest BCUT2D eigenvalue weighted by atomic mass is 10.1. The molecular weight excluding hydrogens is 284 g/mol. The number of primary amides is 1. The van der Waals surface area contributed by atoms with Gasteiger partial charge in [0.15, 0.2) is 0 Å². The van der Waals surface area contributed by atoms with Crippen molar-refractivity contribution in [2.45, 2.75) is 26.3 Å². The van der Waals surface area contributed by atoms with Crippen LogP contribution in [0.2, 0.25) is 0 Å². The van der Waals surface area contributed by atoms with Crippen molar-refractivity contribution < 1.29 is 14.4 Å². The van der Waals surface area contributed by atoms with Crippen LogP contribution in [0, 0.1) is 5.92 Å². The minimum Gasteiger partial charge on any atom is -0.369 e. The van der Waals surface area contributed by atoms with E-state index in [0.717, 1.165) is 5.56 Å². The fourth-order valence-electron chi connectivity index (χ4n) is 1.70. The molecule has 7 nitrogen and oxygen atoms in total. The second kappa shape index (κ2) is 8.14. The van der Waals surface area contributed by atoms with Crippen molar-refractivity contribution in [1.82, 2.24) is 5.32 Å². The summed E-state index contributed by atoms with van der Waals surface area (Å²) in [5.41, 5.74) is 12.1. The minimum absolute atomic E-state index is 0.000797. The van der Waals surface area contributed by atoms with Crippen LogP contribution in [-0.2, 0) is 20.8 Å². The van der Waals surface area contributed by atoms with Crippen LogP contribution < -0.4 is 22.1 Å². The summed E-state index contributed by atoms with van der Waals surface area (Å²) < 4.78 is 0. The van der Waals surface area contributed by atoms with Crippen LogP contribution >= 0.6 is 0 Å². The second-order valence-electron chi connectivity index (χ2n) is 5.38. The van der Waals surface area contributed by atoms with E-state index in [-0.39, 0.29) is 30.7 Å². The number of benzene rings is 1. The molecule has 1 atom stereocenters. The van der Waals surface area contributed by atoms with E-state index in [1.165, 1.54) is 0 Å². The molecule has 0 bridgehead atoms. The summed E-state index contributed by atoms with van der Waals surface area (Å²) >= 11 is 0. The third-order valence-electron chi connectivity index (χ3n) is 3.06. The first-order valence-corrected chi connectivity index (χ1v) is 7.00. The lowest BCUT2D eigenvalue weighted by Gasteiger charge is -2.15. The molecule has 0 aliphatic carbocycles. The predicted molar refractivity (Wildman–Crippen MR) is 83.8 cm³/mol. The van der Waals surface area contributed by atoms with E-state index in [4.69, 9.17) is 11.5 Å². The zero-order valence-electron chi connectivity index (χ0n) is 12.8. The fraction of sp³-hybridized carbons (Fsp3) is 0.400. The number of rotatable bonds is 7. The van der Waals surface area contributed by atoms with E-state index in [2.05, 4.69) is 10.6 Å². The Morgan fingerprint density at radius 2 is 1.73 bits per heavy atom. The molecule has 22 heavy (non-hydrogen) atoms. The van der Waals surface area contributed by atoms with E-state index < -0.39 is 11.9 Å². The number of hydrogen-bond donors (Lipinski definition) is 4. The maximum absolute atomic E-state index is 11.7. The van der Waals surface area contributed by atoms with Crippen LogP contribution in [0.4, 0.5) is 5.69 Å². The Bertz CT molecular complexity index is 540. The average Bonchev–Trinajstić information content (AvgIpc) is 2.45. The molecule has 0 unspecified atom stereocenters. The van der Waals surface area contributed by atoms with Crippen LogP contribution in [0.25, 0.3) is 0 Å². The molecule has 3 amide bonds. The Hall–Kier alpha value is -2.41. The third-order valence-corrected chi connectivity index (χ3v) is 3.06. The van der Waals surface area contributed by atoms with Gasteiger partial charge < -0.3 is 22.1 Å². The average molecular weight is 306 g/mol. The first kappa shape index (κ1) is 17.6. The molecule has 1 aromatic rings. The molecule has 7 heteroatoms. The van der Waals surface area contributed by atoms with Gasteiger partial charge in [0.25, 0.3) is 0 Å². The zero-order valence-corrected chi connectivity index (χ0v) is 12.8. The van der Waals surface area contributed by atoms with Crippen LogP contribution in [0.15, 0.2) is 24.3 Å². The quantitative estimate of drug-likeness (QED) is 0.554. The van der Waals surface area contributed by atoms with E-state index in [9.17, 15) is 14.4 Å². The van der Waals surface area contributed by atoms with E-state index in [0.29, 0.717) is 5.69 Å². The van der Waals surface area contributed by atoms with Crippen molar-refractivity contribution in [3.05, 3.63) is 29.8 Å². The van der Waals surface area contributed by atoms with Crippen LogP contribution in [0.3, 0.4) is 0 Å². The molecular formula is C15H22N4O3. The van der Waals surface area contributed by atoms with Gasteiger partial charge in [-0.15, -0.1) is 0 Å². The number of hydrogen-bond acceptors (Lipinski definition) is 4. The number of carbonyl (C=O) groups excluding carboxylic acids is 3. The number of nitrogens with one attached hydrogen (secondary N) is 2. The summed E-state index contributed by atoms with van der Waals surface area (Å²) in [5, 5.41) is 5.12. The fourth-order valence-corrected chi connectivity index (χ4v) is 1.70. The molecule has 0 radical (unpaired) electrons. The SMILES string of the molecule is CC(C)[C@H](N)C(=O)NCC(=O)Nc1ccc(CC(N)=O)cc1. The lowest BCUT2D eigenvalue weighted by molar-refractivity contribution is -0.125. The Labute approximate surface area is 129 Å². The van der Waals surface area contributed by atoms with Gasteiger partial charge in [0.05, 0.1) is 19.0 Å². The van der Waals surface area contributed by atoms with Gasteiger partial charge in [-0.2, -0.15) is 0 Å².